The summed E-state index contributed by atoms with van der Waals surface area (Å²) in [6.07, 6.45) is 10.9. The van der Waals surface area contributed by atoms with Crippen LogP contribution in [0.5, 0.6) is 0 Å². The molecule has 7 atom stereocenters. The van der Waals surface area contributed by atoms with Crippen LogP contribution in [0.1, 0.15) is 73.1 Å². The van der Waals surface area contributed by atoms with E-state index < -0.39 is 0 Å². The number of nitrogens with zero attached hydrogens (tertiary/aromatic N) is 1. The number of fused-ring (bicyclic) bond motifs is 5. The molecule has 0 aromatic carbocycles. The van der Waals surface area contributed by atoms with Crippen molar-refractivity contribution in [2.75, 3.05) is 7.05 Å². The van der Waals surface area contributed by atoms with Crippen molar-refractivity contribution in [2.45, 2.75) is 84.7 Å². The molecule has 4 nitrogen and oxygen atoms in total. The lowest BCUT2D eigenvalue weighted by molar-refractivity contribution is -0.142. The Kier molecular flexibility index (Phi) is 4.52. The van der Waals surface area contributed by atoms with E-state index >= 15 is 0 Å². The average Bonchev–Trinajstić information content (AvgIpc) is 2.94. The van der Waals surface area contributed by atoms with E-state index in [4.69, 9.17) is 0 Å². The van der Waals surface area contributed by atoms with E-state index in [-0.39, 0.29) is 34.1 Å². The summed E-state index contributed by atoms with van der Waals surface area (Å²) in [7, 11) is 1.98. The molecule has 3 fully saturated rings. The van der Waals surface area contributed by atoms with Crippen LogP contribution in [0.3, 0.4) is 0 Å². The van der Waals surface area contributed by atoms with Crippen LogP contribution in [0.15, 0.2) is 12.2 Å². The highest BCUT2D eigenvalue weighted by molar-refractivity contribution is 5.89. The van der Waals surface area contributed by atoms with Crippen molar-refractivity contribution in [3.8, 4) is 0 Å². The van der Waals surface area contributed by atoms with Gasteiger partial charge < -0.3 is 10.2 Å². The molecule has 4 aliphatic rings. The highest BCUT2D eigenvalue weighted by Crippen LogP contribution is 2.65. The van der Waals surface area contributed by atoms with Crippen LogP contribution >= 0.6 is 0 Å². The Morgan fingerprint density at radius 2 is 1.82 bits per heavy atom. The van der Waals surface area contributed by atoms with Crippen molar-refractivity contribution >= 4 is 11.8 Å². The molecule has 4 rings (SSSR count). The number of rotatable bonds is 1. The number of hydrogen-bond donors (Lipinski definition) is 1. The van der Waals surface area contributed by atoms with Gasteiger partial charge in [-0.2, -0.15) is 0 Å². The first-order chi connectivity index (χ1) is 13.0. The Bertz CT molecular complexity index is 708. The van der Waals surface area contributed by atoms with Gasteiger partial charge in [0.25, 0.3) is 0 Å². The summed E-state index contributed by atoms with van der Waals surface area (Å²) in [5.41, 5.74) is 0.0384. The molecule has 3 aliphatic carbocycles. The first kappa shape index (κ1) is 20.0. The highest BCUT2D eigenvalue weighted by Gasteiger charge is 2.61. The maximum Gasteiger partial charge on any atom is 0.246 e. The van der Waals surface area contributed by atoms with Crippen molar-refractivity contribution in [3.63, 3.8) is 0 Å². The van der Waals surface area contributed by atoms with E-state index in [1.54, 1.807) is 6.08 Å². The second-order valence-electron chi connectivity index (χ2n) is 11.5. The number of likely N-dealkylation sites (N-methyl/N-ethyl adjacent to an activating group) is 1. The fraction of sp³-hybridized carbons (Fsp3) is 0.833. The molecule has 0 radical (unpaired) electrons. The SMILES string of the molecule is CN1C(=O)C=C[C@]2(C)[C@H]3CC[C@]4(C)[C@@H](C(=O)NC(C)(C)C)CC[C@H]4[C@@H]3CC[C@@H]12. The minimum Gasteiger partial charge on any atom is -0.351 e. The summed E-state index contributed by atoms with van der Waals surface area (Å²) in [4.78, 5) is 27.3. The third kappa shape index (κ3) is 2.85. The molecule has 1 heterocycles. The van der Waals surface area contributed by atoms with Crippen molar-refractivity contribution in [2.24, 2.45) is 34.5 Å². The van der Waals surface area contributed by atoms with Gasteiger partial charge in [-0.15, -0.1) is 0 Å². The van der Waals surface area contributed by atoms with Gasteiger partial charge in [-0.1, -0.05) is 19.9 Å². The van der Waals surface area contributed by atoms with Crippen molar-refractivity contribution in [3.05, 3.63) is 12.2 Å². The zero-order valence-electron chi connectivity index (χ0n) is 18.5. The standard InChI is InChI=1S/C24H38N2O2/c1-22(2,3)25-21(28)18-9-8-16-15-7-10-19-24(5,14-12-20(27)26(19)6)17(15)11-13-23(16,18)4/h12,14-19H,7-11,13H2,1-6H3,(H,25,28)/t15-,16-,17-,18+,19+,23-,24+/m0/s1. The fourth-order valence-corrected chi connectivity index (χ4v) is 7.63. The molecule has 0 aromatic heterocycles. The van der Waals surface area contributed by atoms with E-state index in [0.29, 0.717) is 23.8 Å². The van der Waals surface area contributed by atoms with Gasteiger partial charge in [-0.3, -0.25) is 9.59 Å². The third-order valence-corrected chi connectivity index (χ3v) is 8.94. The molecule has 0 unspecified atom stereocenters. The molecule has 0 saturated heterocycles. The Balaban J connectivity index is 1.59. The molecule has 3 saturated carbocycles. The molecule has 0 aromatic rings. The minimum atomic E-state index is -0.168. The van der Waals surface area contributed by atoms with Crippen LogP contribution in [-0.2, 0) is 9.59 Å². The van der Waals surface area contributed by atoms with Gasteiger partial charge in [0.05, 0.1) is 0 Å². The molecule has 4 heteroatoms. The van der Waals surface area contributed by atoms with Crippen LogP contribution in [0.25, 0.3) is 0 Å². The molecule has 0 bridgehead atoms. The van der Waals surface area contributed by atoms with Gasteiger partial charge in [0, 0.05) is 30.0 Å². The summed E-state index contributed by atoms with van der Waals surface area (Å²) >= 11 is 0. The first-order valence-electron chi connectivity index (χ1n) is 11.3. The lowest BCUT2D eigenvalue weighted by Crippen LogP contribution is -2.60. The minimum absolute atomic E-state index is 0.0820. The fourth-order valence-electron chi connectivity index (χ4n) is 7.63. The molecule has 1 aliphatic heterocycles. The van der Waals surface area contributed by atoms with Gasteiger partial charge in [0.1, 0.15) is 0 Å². The van der Waals surface area contributed by atoms with Crippen LogP contribution in [0.4, 0.5) is 0 Å². The van der Waals surface area contributed by atoms with E-state index in [1.807, 2.05) is 11.9 Å². The van der Waals surface area contributed by atoms with E-state index in [9.17, 15) is 9.59 Å². The predicted molar refractivity (Wildman–Crippen MR) is 111 cm³/mol. The van der Waals surface area contributed by atoms with Gasteiger partial charge in [0.15, 0.2) is 0 Å². The quantitative estimate of drug-likeness (QED) is 0.736. The second kappa shape index (κ2) is 6.34. The molecule has 0 spiro atoms. The topological polar surface area (TPSA) is 49.4 Å². The van der Waals surface area contributed by atoms with Crippen LogP contribution in [-0.4, -0.2) is 35.3 Å². The monoisotopic (exact) mass is 386 g/mol. The third-order valence-electron chi connectivity index (χ3n) is 8.94. The van der Waals surface area contributed by atoms with E-state index in [2.05, 4.69) is 46.0 Å². The molecule has 28 heavy (non-hydrogen) atoms. The second-order valence-corrected chi connectivity index (χ2v) is 11.5. The lowest BCUT2D eigenvalue weighted by Gasteiger charge is -2.60. The van der Waals surface area contributed by atoms with Gasteiger partial charge >= 0.3 is 0 Å². The van der Waals surface area contributed by atoms with Crippen LogP contribution < -0.4 is 5.32 Å². The number of carbonyl (C=O) groups excluding carboxylic acids is 2. The summed E-state index contributed by atoms with van der Waals surface area (Å²) in [6, 6.07) is 0.331. The number of carbonyl (C=O) groups is 2. The Hall–Kier alpha value is -1.32. The Labute approximate surface area is 170 Å². The summed E-state index contributed by atoms with van der Waals surface area (Å²) < 4.78 is 0. The Morgan fingerprint density at radius 1 is 1.11 bits per heavy atom. The maximum absolute atomic E-state index is 13.1. The summed E-state index contributed by atoms with van der Waals surface area (Å²) in [6.45, 7) is 11.0. The molecular formula is C24H38N2O2. The van der Waals surface area contributed by atoms with E-state index in [0.717, 1.165) is 19.3 Å². The number of amides is 2. The molecule has 2 amide bonds. The predicted octanol–water partition coefficient (Wildman–Crippen LogP) is 4.16. The van der Waals surface area contributed by atoms with Crippen molar-refractivity contribution < 1.29 is 9.59 Å². The normalized spacial score (nSPS) is 45.3. The Morgan fingerprint density at radius 3 is 2.50 bits per heavy atom. The van der Waals surface area contributed by atoms with Crippen LogP contribution in [0.2, 0.25) is 0 Å². The lowest BCUT2D eigenvalue weighted by atomic mass is 9.47. The average molecular weight is 387 g/mol. The van der Waals surface area contributed by atoms with Crippen LogP contribution in [0, 0.1) is 34.5 Å². The van der Waals surface area contributed by atoms with Crippen molar-refractivity contribution in [1.82, 2.24) is 10.2 Å². The van der Waals surface area contributed by atoms with Crippen molar-refractivity contribution in [1.29, 1.82) is 0 Å². The van der Waals surface area contributed by atoms with Gasteiger partial charge in [-0.05, 0) is 88.5 Å². The zero-order chi connectivity index (χ0) is 20.5. The smallest absolute Gasteiger partial charge is 0.246 e. The first-order valence-corrected chi connectivity index (χ1v) is 11.3. The maximum atomic E-state index is 13.1. The summed E-state index contributed by atoms with van der Waals surface area (Å²) in [5, 5.41) is 3.26. The van der Waals surface area contributed by atoms with Gasteiger partial charge in [0.2, 0.25) is 11.8 Å². The molecule has 1 N–H and O–H groups in total. The number of hydrogen-bond acceptors (Lipinski definition) is 2. The number of nitrogens with one attached hydrogen (secondary N) is 1. The van der Waals surface area contributed by atoms with E-state index in [1.165, 1.54) is 19.3 Å². The van der Waals surface area contributed by atoms with Gasteiger partial charge in [-0.25, -0.2) is 0 Å². The molecule has 156 valence electrons. The molecular weight excluding hydrogens is 348 g/mol. The zero-order valence-corrected chi connectivity index (χ0v) is 18.5. The summed E-state index contributed by atoms with van der Waals surface area (Å²) in [5.74, 6) is 2.50. The highest BCUT2D eigenvalue weighted by atomic mass is 16.2. The largest absolute Gasteiger partial charge is 0.351 e.